The Morgan fingerprint density at radius 3 is 2.14 bits per heavy atom. The van der Waals surface area contributed by atoms with Crippen molar-refractivity contribution < 1.29 is 23.9 Å². The van der Waals surface area contributed by atoms with Crippen molar-refractivity contribution in [3.05, 3.63) is 95.1 Å². The molecule has 0 unspecified atom stereocenters. The summed E-state index contributed by atoms with van der Waals surface area (Å²) in [6, 6.07) is 20.4. The number of nitrogens with one attached hydrogen (secondary N) is 2. The van der Waals surface area contributed by atoms with Gasteiger partial charge in [-0.25, -0.2) is 10.2 Å². The summed E-state index contributed by atoms with van der Waals surface area (Å²) in [5, 5.41) is 6.41. The SMILES string of the molecule is CCCOc1ccc(C(=O)Oc2ccc(C=NNC(=O)CNC(=O)c3ccc(C)cc3)cc2)cc1. The summed E-state index contributed by atoms with van der Waals surface area (Å²) < 4.78 is 10.9. The summed E-state index contributed by atoms with van der Waals surface area (Å²) in [4.78, 5) is 36.3. The molecule has 0 aromatic heterocycles. The Morgan fingerprint density at radius 1 is 0.857 bits per heavy atom. The smallest absolute Gasteiger partial charge is 0.343 e. The van der Waals surface area contributed by atoms with Crippen LogP contribution in [0.1, 0.15) is 45.2 Å². The van der Waals surface area contributed by atoms with Crippen LogP contribution in [0.2, 0.25) is 0 Å². The highest BCUT2D eigenvalue weighted by Gasteiger charge is 2.09. The Morgan fingerprint density at radius 2 is 1.49 bits per heavy atom. The number of esters is 1. The number of rotatable bonds is 10. The van der Waals surface area contributed by atoms with Crippen molar-refractivity contribution in [2.24, 2.45) is 5.10 Å². The molecule has 0 spiro atoms. The molecule has 2 amide bonds. The highest BCUT2D eigenvalue weighted by Crippen LogP contribution is 2.16. The number of benzene rings is 3. The Balaban J connectivity index is 1.43. The average molecular weight is 474 g/mol. The molecule has 0 saturated carbocycles. The van der Waals surface area contributed by atoms with Crippen molar-refractivity contribution in [1.82, 2.24) is 10.7 Å². The highest BCUT2D eigenvalue weighted by molar-refractivity contribution is 5.96. The maximum atomic E-state index is 12.3. The van der Waals surface area contributed by atoms with E-state index >= 15 is 0 Å². The van der Waals surface area contributed by atoms with Gasteiger partial charge in [-0.15, -0.1) is 0 Å². The van der Waals surface area contributed by atoms with Crippen LogP contribution in [-0.4, -0.2) is 37.1 Å². The number of aryl methyl sites for hydroxylation is 1. The quantitative estimate of drug-likeness (QED) is 0.201. The van der Waals surface area contributed by atoms with Gasteiger partial charge >= 0.3 is 5.97 Å². The molecule has 0 atom stereocenters. The molecule has 0 aliphatic heterocycles. The summed E-state index contributed by atoms with van der Waals surface area (Å²) in [5.41, 5.74) is 4.97. The van der Waals surface area contributed by atoms with Crippen molar-refractivity contribution in [2.45, 2.75) is 20.3 Å². The molecule has 0 aliphatic rings. The third-order valence-electron chi connectivity index (χ3n) is 4.78. The zero-order chi connectivity index (χ0) is 25.0. The van der Waals surface area contributed by atoms with Gasteiger partial charge in [-0.1, -0.05) is 24.6 Å². The lowest BCUT2D eigenvalue weighted by atomic mass is 10.1. The number of nitrogens with zero attached hydrogens (tertiary/aromatic N) is 1. The van der Waals surface area contributed by atoms with Gasteiger partial charge in [-0.3, -0.25) is 9.59 Å². The molecule has 0 fully saturated rings. The lowest BCUT2D eigenvalue weighted by Crippen LogP contribution is -2.34. The maximum Gasteiger partial charge on any atom is 0.343 e. The van der Waals surface area contributed by atoms with Crippen molar-refractivity contribution >= 4 is 24.0 Å². The number of carbonyl (C=O) groups excluding carboxylic acids is 3. The highest BCUT2D eigenvalue weighted by atomic mass is 16.5. The molecule has 3 aromatic carbocycles. The topological polar surface area (TPSA) is 106 Å². The van der Waals surface area contributed by atoms with Crippen LogP contribution in [0.15, 0.2) is 77.9 Å². The molecule has 0 radical (unpaired) electrons. The summed E-state index contributed by atoms with van der Waals surface area (Å²) in [7, 11) is 0. The first-order valence-electron chi connectivity index (χ1n) is 11.2. The standard InChI is InChI=1S/C27H27N3O5/c1-3-16-34-23-14-10-22(11-15-23)27(33)35-24-12-6-20(7-13-24)17-29-30-25(31)18-28-26(32)21-8-4-19(2)5-9-21/h4-15,17H,3,16,18H2,1-2H3,(H,28,32)(H,30,31). The van der Waals surface area contributed by atoms with E-state index < -0.39 is 11.9 Å². The number of ether oxygens (including phenoxy) is 2. The number of hydrogen-bond acceptors (Lipinski definition) is 6. The van der Waals surface area contributed by atoms with E-state index in [1.54, 1.807) is 60.7 Å². The second-order valence-electron chi connectivity index (χ2n) is 7.67. The zero-order valence-corrected chi connectivity index (χ0v) is 19.6. The molecule has 3 aromatic rings. The van der Waals surface area contributed by atoms with Crippen LogP contribution in [0.5, 0.6) is 11.5 Å². The lowest BCUT2D eigenvalue weighted by molar-refractivity contribution is -0.120. The van der Waals surface area contributed by atoms with Gasteiger partial charge < -0.3 is 14.8 Å². The summed E-state index contributed by atoms with van der Waals surface area (Å²) >= 11 is 0. The monoisotopic (exact) mass is 473 g/mol. The normalized spacial score (nSPS) is 10.6. The van der Waals surface area contributed by atoms with E-state index in [0.29, 0.717) is 34.8 Å². The summed E-state index contributed by atoms with van der Waals surface area (Å²) in [6.45, 7) is 4.37. The van der Waals surface area contributed by atoms with Crippen LogP contribution in [0.25, 0.3) is 0 Å². The van der Waals surface area contributed by atoms with Crippen LogP contribution in [0, 0.1) is 6.92 Å². The molecule has 0 bridgehead atoms. The van der Waals surface area contributed by atoms with Gasteiger partial charge in [-0.05, 0) is 79.6 Å². The van der Waals surface area contributed by atoms with E-state index in [0.717, 1.165) is 12.0 Å². The maximum absolute atomic E-state index is 12.3. The van der Waals surface area contributed by atoms with E-state index in [9.17, 15) is 14.4 Å². The van der Waals surface area contributed by atoms with E-state index in [4.69, 9.17) is 9.47 Å². The number of hydrogen-bond donors (Lipinski definition) is 2. The second-order valence-corrected chi connectivity index (χ2v) is 7.67. The molecule has 180 valence electrons. The van der Waals surface area contributed by atoms with Gasteiger partial charge in [0.15, 0.2) is 0 Å². The summed E-state index contributed by atoms with van der Waals surface area (Å²) in [6.07, 6.45) is 2.35. The molecule has 2 N–H and O–H groups in total. The number of carbonyl (C=O) groups is 3. The van der Waals surface area contributed by atoms with Gasteiger partial charge in [0.05, 0.1) is 24.9 Å². The van der Waals surface area contributed by atoms with Crippen molar-refractivity contribution in [1.29, 1.82) is 0 Å². The fourth-order valence-corrected chi connectivity index (χ4v) is 2.88. The molecule has 3 rings (SSSR count). The Bertz CT molecular complexity index is 1170. The van der Waals surface area contributed by atoms with Gasteiger partial charge in [0.1, 0.15) is 11.5 Å². The minimum absolute atomic E-state index is 0.204. The van der Waals surface area contributed by atoms with Crippen LogP contribution in [0.3, 0.4) is 0 Å². The van der Waals surface area contributed by atoms with Gasteiger partial charge in [0.2, 0.25) is 0 Å². The van der Waals surface area contributed by atoms with E-state index in [-0.39, 0.29) is 12.5 Å². The molecule has 8 nitrogen and oxygen atoms in total. The van der Waals surface area contributed by atoms with Crippen LogP contribution in [0.4, 0.5) is 0 Å². The van der Waals surface area contributed by atoms with Crippen molar-refractivity contribution in [2.75, 3.05) is 13.2 Å². The first kappa shape index (κ1) is 25.2. The predicted molar refractivity (Wildman–Crippen MR) is 133 cm³/mol. The zero-order valence-electron chi connectivity index (χ0n) is 19.6. The van der Waals surface area contributed by atoms with Gasteiger partial charge in [0.25, 0.3) is 11.8 Å². The van der Waals surface area contributed by atoms with Crippen LogP contribution in [-0.2, 0) is 4.79 Å². The fourth-order valence-electron chi connectivity index (χ4n) is 2.88. The van der Waals surface area contributed by atoms with E-state index in [1.807, 2.05) is 26.0 Å². The van der Waals surface area contributed by atoms with Crippen molar-refractivity contribution in [3.63, 3.8) is 0 Å². The fraction of sp³-hybridized carbons (Fsp3) is 0.185. The third kappa shape index (κ3) is 8.12. The first-order chi connectivity index (χ1) is 16.9. The predicted octanol–water partition coefficient (Wildman–Crippen LogP) is 3.88. The lowest BCUT2D eigenvalue weighted by Gasteiger charge is -2.07. The van der Waals surface area contributed by atoms with Crippen LogP contribution >= 0.6 is 0 Å². The minimum Gasteiger partial charge on any atom is -0.494 e. The Hall–Kier alpha value is -4.46. The first-order valence-corrected chi connectivity index (χ1v) is 11.2. The third-order valence-corrected chi connectivity index (χ3v) is 4.78. The number of amides is 2. The Kier molecular flexibility index (Phi) is 9.13. The second kappa shape index (κ2) is 12.7. The molecule has 0 heterocycles. The van der Waals surface area contributed by atoms with Gasteiger partial charge in [0, 0.05) is 5.56 Å². The molecule has 35 heavy (non-hydrogen) atoms. The number of hydrazone groups is 1. The average Bonchev–Trinajstić information content (AvgIpc) is 2.87. The molecular weight excluding hydrogens is 446 g/mol. The molecule has 0 aliphatic carbocycles. The molecule has 0 saturated heterocycles. The van der Waals surface area contributed by atoms with Gasteiger partial charge in [-0.2, -0.15) is 5.10 Å². The largest absolute Gasteiger partial charge is 0.494 e. The molecular formula is C27H27N3O5. The van der Waals surface area contributed by atoms with Crippen LogP contribution < -0.4 is 20.2 Å². The minimum atomic E-state index is -0.478. The molecule has 8 heteroatoms. The van der Waals surface area contributed by atoms with E-state index in [1.165, 1.54) is 6.21 Å². The summed E-state index contributed by atoms with van der Waals surface area (Å²) in [5.74, 6) is -0.198. The van der Waals surface area contributed by atoms with E-state index in [2.05, 4.69) is 15.8 Å². The Labute approximate surface area is 204 Å². The van der Waals surface area contributed by atoms with Crippen molar-refractivity contribution in [3.8, 4) is 11.5 Å².